The number of halogens is 1. The summed E-state index contributed by atoms with van der Waals surface area (Å²) in [7, 11) is -1.33. The second-order valence-corrected chi connectivity index (χ2v) is 12.4. The minimum absolute atomic E-state index is 0.0375. The third-order valence-corrected chi connectivity index (χ3v) is 8.08. The maximum absolute atomic E-state index is 12.3. The van der Waals surface area contributed by atoms with Crippen LogP contribution < -0.4 is 21.1 Å². The lowest BCUT2D eigenvalue weighted by Crippen LogP contribution is -2.29. The first-order chi connectivity index (χ1) is 17.9. The van der Waals surface area contributed by atoms with Crippen LogP contribution in [0.1, 0.15) is 43.7 Å². The van der Waals surface area contributed by atoms with E-state index < -0.39 is 9.84 Å². The molecule has 0 saturated carbocycles. The van der Waals surface area contributed by atoms with E-state index in [0.29, 0.717) is 23.0 Å². The van der Waals surface area contributed by atoms with Crippen molar-refractivity contribution in [3.63, 3.8) is 0 Å². The number of hydrogen-bond donors (Lipinski definition) is 3. The van der Waals surface area contributed by atoms with Crippen molar-refractivity contribution in [2.75, 3.05) is 42.8 Å². The quantitative estimate of drug-likeness (QED) is 0.328. The Labute approximate surface area is 229 Å². The molecule has 2 aromatic carbocycles. The first-order valence-corrected chi connectivity index (χ1v) is 14.8. The Morgan fingerprint density at radius 1 is 1.11 bits per heavy atom. The minimum Gasteiger partial charge on any atom is -0.489 e. The molecule has 0 bridgehead atoms. The van der Waals surface area contributed by atoms with Crippen LogP contribution in [-0.4, -0.2) is 55.8 Å². The molecule has 1 aromatic heterocycles. The Morgan fingerprint density at radius 3 is 2.45 bits per heavy atom. The van der Waals surface area contributed by atoms with Gasteiger partial charge in [-0.1, -0.05) is 23.7 Å². The number of rotatable bonds is 8. The van der Waals surface area contributed by atoms with Crippen LogP contribution >= 0.6 is 11.6 Å². The van der Waals surface area contributed by atoms with Gasteiger partial charge in [-0.3, -0.25) is 0 Å². The number of nitrogens with two attached hydrogens (primary N) is 1. The molecule has 0 spiro atoms. The van der Waals surface area contributed by atoms with E-state index in [0.717, 1.165) is 37.8 Å². The molecule has 0 atom stereocenters. The van der Waals surface area contributed by atoms with E-state index in [4.69, 9.17) is 22.1 Å². The molecule has 11 heteroatoms. The third kappa shape index (κ3) is 6.48. The van der Waals surface area contributed by atoms with Crippen LogP contribution in [0.2, 0.25) is 5.02 Å². The van der Waals surface area contributed by atoms with E-state index in [1.165, 1.54) is 11.6 Å². The zero-order chi connectivity index (χ0) is 27.6. The van der Waals surface area contributed by atoms with Gasteiger partial charge in [0.25, 0.3) is 0 Å². The number of nitrogens with one attached hydrogen (secondary N) is 2. The molecule has 3 aromatic rings. The van der Waals surface area contributed by atoms with Gasteiger partial charge in [0.2, 0.25) is 5.95 Å². The minimum atomic E-state index is -3.49. The summed E-state index contributed by atoms with van der Waals surface area (Å²) in [6, 6.07) is 10.7. The largest absolute Gasteiger partial charge is 0.489 e. The lowest BCUT2D eigenvalue weighted by molar-refractivity contribution is 0.241. The molecule has 4 rings (SSSR count). The summed E-state index contributed by atoms with van der Waals surface area (Å²) >= 11 is 6.41. The normalized spacial score (nSPS) is 15.0. The summed E-state index contributed by atoms with van der Waals surface area (Å²) in [4.78, 5) is 11.3. The fourth-order valence-electron chi connectivity index (χ4n) is 4.66. The van der Waals surface area contributed by atoms with Crippen LogP contribution in [0, 0.1) is 6.92 Å². The van der Waals surface area contributed by atoms with E-state index in [2.05, 4.69) is 45.5 Å². The van der Waals surface area contributed by atoms with Crippen LogP contribution in [0.15, 0.2) is 41.3 Å². The van der Waals surface area contributed by atoms with E-state index in [1.807, 2.05) is 19.9 Å². The molecule has 1 fully saturated rings. The Morgan fingerprint density at radius 2 is 1.79 bits per heavy atom. The zero-order valence-electron chi connectivity index (χ0n) is 22.4. The number of sulfone groups is 1. The van der Waals surface area contributed by atoms with Crippen molar-refractivity contribution in [2.24, 2.45) is 0 Å². The Bertz CT molecular complexity index is 1420. The standard InChI is InChI=1S/C27H35ClN6O3S/c1-16(2)37-22-15-19(18-10-12-34(4)13-11-18)17(3)14-21(22)31-27-32-25(29)24(28)26(33-27)30-20-8-6-7-9-23(20)38(5,35)36/h6-9,14-16,18H,10-13H2,1-5H3,(H4,29,30,31,32,33). The molecular formula is C27H35ClN6O3S. The van der Waals surface area contributed by atoms with Gasteiger partial charge in [0, 0.05) is 6.26 Å². The van der Waals surface area contributed by atoms with E-state index in [9.17, 15) is 8.42 Å². The number of piperidine rings is 1. The molecule has 4 N–H and O–H groups in total. The fourth-order valence-corrected chi connectivity index (χ4v) is 5.63. The number of benzene rings is 2. The predicted octanol–water partition coefficient (Wildman–Crippen LogP) is 5.51. The third-order valence-electron chi connectivity index (χ3n) is 6.55. The number of hydrogen-bond acceptors (Lipinski definition) is 9. The number of anilines is 5. The number of nitrogen functional groups attached to an aromatic ring is 1. The van der Waals surface area contributed by atoms with Gasteiger partial charge in [0.05, 0.1) is 22.4 Å². The summed E-state index contributed by atoms with van der Waals surface area (Å²) in [5.41, 5.74) is 9.60. The molecule has 0 radical (unpaired) electrons. The van der Waals surface area contributed by atoms with Crippen molar-refractivity contribution in [3.8, 4) is 5.75 Å². The number of nitrogens with zero attached hydrogens (tertiary/aromatic N) is 3. The summed E-state index contributed by atoms with van der Waals surface area (Å²) in [6.45, 7) is 8.21. The van der Waals surface area contributed by atoms with Crippen molar-refractivity contribution in [1.82, 2.24) is 14.9 Å². The number of para-hydroxylation sites is 1. The van der Waals surface area contributed by atoms with Gasteiger partial charge >= 0.3 is 0 Å². The highest BCUT2D eigenvalue weighted by molar-refractivity contribution is 7.90. The fraction of sp³-hybridized carbons (Fsp3) is 0.407. The van der Waals surface area contributed by atoms with Gasteiger partial charge in [0.15, 0.2) is 15.7 Å². The molecule has 2 heterocycles. The number of aromatic nitrogens is 2. The summed E-state index contributed by atoms with van der Waals surface area (Å²) in [6.07, 6.45) is 3.31. The Balaban J connectivity index is 1.69. The van der Waals surface area contributed by atoms with E-state index in [1.54, 1.807) is 18.2 Å². The molecule has 1 saturated heterocycles. The summed E-state index contributed by atoms with van der Waals surface area (Å²) in [5.74, 6) is 1.61. The smallest absolute Gasteiger partial charge is 0.231 e. The molecule has 38 heavy (non-hydrogen) atoms. The monoisotopic (exact) mass is 558 g/mol. The second kappa shape index (κ2) is 11.3. The maximum Gasteiger partial charge on any atom is 0.231 e. The van der Waals surface area contributed by atoms with Crippen molar-refractivity contribution in [1.29, 1.82) is 0 Å². The van der Waals surface area contributed by atoms with Gasteiger partial charge in [-0.25, -0.2) is 8.42 Å². The SMILES string of the molecule is Cc1cc(Nc2nc(N)c(Cl)c(Nc3ccccc3S(C)(=O)=O)n2)c(OC(C)C)cc1C1CCN(C)CC1. The van der Waals surface area contributed by atoms with Crippen LogP contribution in [0.25, 0.3) is 0 Å². The van der Waals surface area contributed by atoms with Gasteiger partial charge in [0.1, 0.15) is 16.6 Å². The van der Waals surface area contributed by atoms with Crippen LogP contribution in [-0.2, 0) is 9.84 Å². The van der Waals surface area contributed by atoms with E-state index >= 15 is 0 Å². The molecule has 0 amide bonds. The number of likely N-dealkylation sites (tertiary alicyclic amines) is 1. The summed E-state index contributed by atoms with van der Waals surface area (Å²) in [5, 5.41) is 6.34. The highest BCUT2D eigenvalue weighted by Crippen LogP contribution is 2.39. The van der Waals surface area contributed by atoms with E-state index in [-0.39, 0.29) is 33.6 Å². The lowest BCUT2D eigenvalue weighted by atomic mass is 9.86. The molecule has 204 valence electrons. The van der Waals surface area contributed by atoms with Gasteiger partial charge in [-0.2, -0.15) is 9.97 Å². The molecule has 9 nitrogen and oxygen atoms in total. The zero-order valence-corrected chi connectivity index (χ0v) is 23.9. The molecule has 1 aliphatic rings. The maximum atomic E-state index is 12.3. The van der Waals surface area contributed by atoms with Gasteiger partial charge < -0.3 is 26.0 Å². The van der Waals surface area contributed by atoms with Crippen molar-refractivity contribution in [2.45, 2.75) is 50.5 Å². The Kier molecular flexibility index (Phi) is 8.34. The topological polar surface area (TPSA) is 122 Å². The highest BCUT2D eigenvalue weighted by atomic mass is 35.5. The first kappa shape index (κ1) is 27.9. The average molecular weight is 559 g/mol. The van der Waals surface area contributed by atoms with Gasteiger partial charge in [-0.15, -0.1) is 0 Å². The average Bonchev–Trinajstić information content (AvgIpc) is 2.84. The number of ether oxygens (including phenoxy) is 1. The lowest BCUT2D eigenvalue weighted by Gasteiger charge is -2.30. The molecular weight excluding hydrogens is 524 g/mol. The van der Waals surface area contributed by atoms with Crippen molar-refractivity contribution in [3.05, 3.63) is 52.5 Å². The molecule has 0 aliphatic carbocycles. The summed E-state index contributed by atoms with van der Waals surface area (Å²) < 4.78 is 30.7. The predicted molar refractivity (Wildman–Crippen MR) is 154 cm³/mol. The molecule has 1 aliphatic heterocycles. The van der Waals surface area contributed by atoms with Crippen molar-refractivity contribution >= 4 is 50.4 Å². The van der Waals surface area contributed by atoms with Crippen LogP contribution in [0.3, 0.4) is 0 Å². The van der Waals surface area contributed by atoms with Crippen molar-refractivity contribution < 1.29 is 13.2 Å². The van der Waals surface area contributed by atoms with Crippen LogP contribution in [0.4, 0.5) is 29.0 Å². The Hall–Kier alpha value is -3.08. The number of aryl methyl sites for hydroxylation is 1. The van der Waals surface area contributed by atoms with Gasteiger partial charge in [-0.05, 0) is 95.1 Å². The molecule has 0 unspecified atom stereocenters. The first-order valence-electron chi connectivity index (χ1n) is 12.6. The highest BCUT2D eigenvalue weighted by Gasteiger charge is 2.23. The second-order valence-electron chi connectivity index (χ2n) is 10.1. The van der Waals surface area contributed by atoms with Crippen LogP contribution in [0.5, 0.6) is 5.75 Å².